The first-order valence-corrected chi connectivity index (χ1v) is 6.76. The van der Waals surface area contributed by atoms with Crippen LogP contribution < -0.4 is 4.90 Å². The predicted molar refractivity (Wildman–Crippen MR) is 72.3 cm³/mol. The highest BCUT2D eigenvalue weighted by atomic mass is 35.5. The van der Waals surface area contributed by atoms with Crippen molar-refractivity contribution < 1.29 is 4.79 Å². The van der Waals surface area contributed by atoms with Crippen LogP contribution >= 0.6 is 11.6 Å². The van der Waals surface area contributed by atoms with Crippen molar-refractivity contribution in [3.05, 3.63) is 29.3 Å². The number of Topliss-reactive ketones (excluding diaryl/α,β-unsaturated/α-hetero) is 1. The zero-order valence-corrected chi connectivity index (χ0v) is 11.0. The standard InChI is InChI=1S/C14H18ClNO/c1-2-16-9-3-4-11-5-6-12(10-13(11)16)14(17)7-8-15/h5-6,10H,2-4,7-9H2,1H3. The molecular weight excluding hydrogens is 234 g/mol. The van der Waals surface area contributed by atoms with Crippen LogP contribution in [0.15, 0.2) is 18.2 Å². The second kappa shape index (κ2) is 5.54. The van der Waals surface area contributed by atoms with Gasteiger partial charge in [0.05, 0.1) is 0 Å². The lowest BCUT2D eigenvalue weighted by atomic mass is 9.97. The highest BCUT2D eigenvalue weighted by Crippen LogP contribution is 2.28. The van der Waals surface area contributed by atoms with Gasteiger partial charge < -0.3 is 4.90 Å². The molecule has 92 valence electrons. The second-order valence-corrected chi connectivity index (χ2v) is 4.77. The molecule has 0 radical (unpaired) electrons. The van der Waals surface area contributed by atoms with E-state index >= 15 is 0 Å². The summed E-state index contributed by atoms with van der Waals surface area (Å²) in [6.45, 7) is 4.25. The number of ketones is 1. The predicted octanol–water partition coefficient (Wildman–Crippen LogP) is 3.27. The van der Waals surface area contributed by atoms with E-state index < -0.39 is 0 Å². The van der Waals surface area contributed by atoms with Crippen LogP contribution in [0.1, 0.15) is 35.7 Å². The van der Waals surface area contributed by atoms with E-state index in [1.165, 1.54) is 17.7 Å². The average Bonchev–Trinajstić information content (AvgIpc) is 2.37. The van der Waals surface area contributed by atoms with Crippen molar-refractivity contribution in [3.8, 4) is 0 Å². The summed E-state index contributed by atoms with van der Waals surface area (Å²) in [5, 5.41) is 0. The van der Waals surface area contributed by atoms with Crippen LogP contribution in [0.3, 0.4) is 0 Å². The zero-order valence-electron chi connectivity index (χ0n) is 10.2. The number of hydrogen-bond acceptors (Lipinski definition) is 2. The quantitative estimate of drug-likeness (QED) is 0.605. The Hall–Kier alpha value is -1.02. The van der Waals surface area contributed by atoms with Crippen LogP contribution in [0.5, 0.6) is 0 Å². The zero-order chi connectivity index (χ0) is 12.3. The molecule has 1 aromatic carbocycles. The van der Waals surface area contributed by atoms with E-state index in [0.29, 0.717) is 12.3 Å². The summed E-state index contributed by atoms with van der Waals surface area (Å²) in [5.41, 5.74) is 3.39. The first-order valence-electron chi connectivity index (χ1n) is 6.23. The molecule has 0 aromatic heterocycles. The van der Waals surface area contributed by atoms with Gasteiger partial charge in [-0.15, -0.1) is 11.6 Å². The Kier molecular flexibility index (Phi) is 4.06. The molecule has 2 rings (SSSR count). The van der Waals surface area contributed by atoms with Crippen LogP contribution in [-0.2, 0) is 6.42 Å². The number of alkyl halides is 1. The van der Waals surface area contributed by atoms with E-state index in [1.54, 1.807) is 0 Å². The van der Waals surface area contributed by atoms with Crippen LogP contribution in [-0.4, -0.2) is 24.8 Å². The number of anilines is 1. The third kappa shape index (κ3) is 2.63. The molecule has 1 aliphatic rings. The van der Waals surface area contributed by atoms with Crippen molar-refractivity contribution in [1.82, 2.24) is 0 Å². The van der Waals surface area contributed by atoms with Crippen LogP contribution in [0.2, 0.25) is 0 Å². The normalized spacial score (nSPS) is 14.6. The fourth-order valence-corrected chi connectivity index (χ4v) is 2.55. The molecule has 0 fully saturated rings. The van der Waals surface area contributed by atoms with Gasteiger partial charge in [-0.25, -0.2) is 0 Å². The molecule has 0 aliphatic carbocycles. The van der Waals surface area contributed by atoms with E-state index in [1.807, 2.05) is 12.1 Å². The summed E-state index contributed by atoms with van der Waals surface area (Å²) in [4.78, 5) is 14.2. The largest absolute Gasteiger partial charge is 0.372 e. The number of benzene rings is 1. The lowest BCUT2D eigenvalue weighted by Gasteiger charge is -2.30. The second-order valence-electron chi connectivity index (χ2n) is 4.39. The lowest BCUT2D eigenvalue weighted by molar-refractivity contribution is 0.0989. The van der Waals surface area contributed by atoms with Gasteiger partial charge in [0.25, 0.3) is 0 Å². The molecule has 0 amide bonds. The monoisotopic (exact) mass is 251 g/mol. The summed E-state index contributed by atoms with van der Waals surface area (Å²) in [7, 11) is 0. The molecule has 1 aromatic rings. The number of aryl methyl sites for hydroxylation is 1. The van der Waals surface area contributed by atoms with Gasteiger partial charge in [-0.05, 0) is 31.4 Å². The minimum Gasteiger partial charge on any atom is -0.372 e. The molecule has 1 aliphatic heterocycles. The maximum atomic E-state index is 11.8. The molecular formula is C14H18ClNO. The maximum Gasteiger partial charge on any atom is 0.164 e. The molecule has 0 spiro atoms. The third-order valence-corrected chi connectivity index (χ3v) is 3.51. The Morgan fingerprint density at radius 1 is 1.47 bits per heavy atom. The smallest absolute Gasteiger partial charge is 0.164 e. The Morgan fingerprint density at radius 3 is 3.00 bits per heavy atom. The van der Waals surface area contributed by atoms with Crippen molar-refractivity contribution in [3.63, 3.8) is 0 Å². The minimum absolute atomic E-state index is 0.143. The lowest BCUT2D eigenvalue weighted by Crippen LogP contribution is -2.29. The van der Waals surface area contributed by atoms with Crippen LogP contribution in [0, 0.1) is 0 Å². The fraction of sp³-hybridized carbons (Fsp3) is 0.500. The van der Waals surface area contributed by atoms with E-state index in [0.717, 1.165) is 25.1 Å². The number of nitrogens with zero attached hydrogens (tertiary/aromatic N) is 1. The summed E-state index contributed by atoms with van der Waals surface area (Å²) in [6, 6.07) is 6.07. The third-order valence-electron chi connectivity index (χ3n) is 3.33. The van der Waals surface area contributed by atoms with Crippen molar-refractivity contribution in [2.24, 2.45) is 0 Å². The highest BCUT2D eigenvalue weighted by molar-refractivity contribution is 6.19. The number of halogens is 1. The molecule has 0 N–H and O–H groups in total. The summed E-state index contributed by atoms with van der Waals surface area (Å²) < 4.78 is 0. The van der Waals surface area contributed by atoms with Gasteiger partial charge in [0, 0.05) is 36.6 Å². The highest BCUT2D eigenvalue weighted by Gasteiger charge is 2.17. The van der Waals surface area contributed by atoms with Crippen molar-refractivity contribution >= 4 is 23.1 Å². The van der Waals surface area contributed by atoms with Gasteiger partial charge in [0.15, 0.2) is 5.78 Å². The average molecular weight is 252 g/mol. The molecule has 17 heavy (non-hydrogen) atoms. The Balaban J connectivity index is 2.30. The van der Waals surface area contributed by atoms with E-state index in [2.05, 4.69) is 17.9 Å². The first kappa shape index (κ1) is 12.4. The molecule has 0 saturated carbocycles. The molecule has 1 heterocycles. The van der Waals surface area contributed by atoms with Gasteiger partial charge in [-0.1, -0.05) is 12.1 Å². The SMILES string of the molecule is CCN1CCCc2ccc(C(=O)CCCl)cc21. The van der Waals surface area contributed by atoms with Crippen molar-refractivity contribution in [1.29, 1.82) is 0 Å². The molecule has 0 unspecified atom stereocenters. The molecule has 3 heteroatoms. The van der Waals surface area contributed by atoms with Crippen LogP contribution in [0.25, 0.3) is 0 Å². The van der Waals surface area contributed by atoms with E-state index in [4.69, 9.17) is 11.6 Å². The van der Waals surface area contributed by atoms with Crippen LogP contribution in [0.4, 0.5) is 5.69 Å². The van der Waals surface area contributed by atoms with Crippen molar-refractivity contribution in [2.45, 2.75) is 26.2 Å². The van der Waals surface area contributed by atoms with Gasteiger partial charge in [-0.3, -0.25) is 4.79 Å². The van der Waals surface area contributed by atoms with Gasteiger partial charge in [-0.2, -0.15) is 0 Å². The number of carbonyl (C=O) groups is 1. The Morgan fingerprint density at radius 2 is 2.29 bits per heavy atom. The summed E-state index contributed by atoms with van der Waals surface area (Å²) in [5.74, 6) is 0.539. The minimum atomic E-state index is 0.143. The van der Waals surface area contributed by atoms with Crippen molar-refractivity contribution in [2.75, 3.05) is 23.9 Å². The first-order chi connectivity index (χ1) is 8.26. The molecule has 0 bridgehead atoms. The summed E-state index contributed by atoms with van der Waals surface area (Å²) >= 11 is 5.61. The van der Waals surface area contributed by atoms with E-state index in [-0.39, 0.29) is 5.78 Å². The summed E-state index contributed by atoms with van der Waals surface area (Å²) in [6.07, 6.45) is 2.75. The number of hydrogen-bond donors (Lipinski definition) is 0. The van der Waals surface area contributed by atoms with Gasteiger partial charge in [0.2, 0.25) is 0 Å². The topological polar surface area (TPSA) is 20.3 Å². The Bertz CT molecular complexity index is 417. The van der Waals surface area contributed by atoms with Gasteiger partial charge >= 0.3 is 0 Å². The fourth-order valence-electron chi connectivity index (χ4n) is 2.38. The number of carbonyl (C=O) groups excluding carboxylic acids is 1. The molecule has 2 nitrogen and oxygen atoms in total. The van der Waals surface area contributed by atoms with Gasteiger partial charge in [0.1, 0.15) is 0 Å². The maximum absolute atomic E-state index is 11.8. The number of rotatable bonds is 4. The number of fused-ring (bicyclic) bond motifs is 1. The van der Waals surface area contributed by atoms with E-state index in [9.17, 15) is 4.79 Å². The molecule has 0 atom stereocenters. The molecule has 0 saturated heterocycles. The Labute approximate surface area is 108 Å².